The minimum Gasteiger partial charge on any atom is -0.364 e. The van der Waals surface area contributed by atoms with E-state index < -0.39 is 0 Å². The number of nitrogens with two attached hydrogens (primary N) is 1. The summed E-state index contributed by atoms with van der Waals surface area (Å²) < 4.78 is 4.53. The maximum absolute atomic E-state index is 11.2. The number of hydrogen-bond acceptors (Lipinski definition) is 4. The molecule has 1 aromatic heterocycles. The molecule has 0 bridgehead atoms. The molecule has 1 aromatic rings. The third-order valence-electron chi connectivity index (χ3n) is 1.59. The van der Waals surface area contributed by atoms with Crippen molar-refractivity contribution in [3.05, 3.63) is 18.0 Å². The maximum atomic E-state index is 11.2. The lowest BCUT2D eigenvalue weighted by Gasteiger charge is -2.00. The van der Waals surface area contributed by atoms with Crippen molar-refractivity contribution in [2.45, 2.75) is 12.8 Å². The third kappa shape index (κ3) is 3.25. The highest BCUT2D eigenvalue weighted by Gasteiger charge is 2.06. The van der Waals surface area contributed by atoms with Crippen LogP contribution in [0.2, 0.25) is 0 Å². The zero-order chi connectivity index (χ0) is 9.52. The highest BCUT2D eigenvalue weighted by molar-refractivity contribution is 5.91. The summed E-state index contributed by atoms with van der Waals surface area (Å²) in [5.41, 5.74) is 5.61. The summed E-state index contributed by atoms with van der Waals surface area (Å²) >= 11 is 0. The quantitative estimate of drug-likeness (QED) is 0.636. The molecule has 13 heavy (non-hydrogen) atoms. The van der Waals surface area contributed by atoms with Crippen molar-refractivity contribution in [1.82, 2.24) is 10.5 Å². The summed E-state index contributed by atoms with van der Waals surface area (Å²) in [6, 6.07) is 1.53. The predicted molar refractivity (Wildman–Crippen MR) is 47.1 cm³/mol. The summed E-state index contributed by atoms with van der Waals surface area (Å²) in [4.78, 5) is 11.2. The van der Waals surface area contributed by atoms with Crippen LogP contribution in [0.25, 0.3) is 0 Å². The molecule has 3 N–H and O–H groups in total. The van der Waals surface area contributed by atoms with Crippen LogP contribution in [0.3, 0.4) is 0 Å². The standard InChI is InChI=1S/C8H13N3O2/c9-4-1-2-5-10-8(12)7-3-6-13-11-7/h3,6H,1-2,4-5,9H2,(H,10,12). The first kappa shape index (κ1) is 9.73. The Bertz CT molecular complexity index is 246. The van der Waals surface area contributed by atoms with Crippen LogP contribution in [-0.4, -0.2) is 24.2 Å². The van der Waals surface area contributed by atoms with Gasteiger partial charge < -0.3 is 15.6 Å². The van der Waals surface area contributed by atoms with Gasteiger partial charge in [-0.3, -0.25) is 4.79 Å². The third-order valence-corrected chi connectivity index (χ3v) is 1.59. The molecule has 5 nitrogen and oxygen atoms in total. The van der Waals surface area contributed by atoms with E-state index in [2.05, 4.69) is 15.0 Å². The number of rotatable bonds is 5. The largest absolute Gasteiger partial charge is 0.364 e. The van der Waals surface area contributed by atoms with Gasteiger partial charge >= 0.3 is 0 Å². The SMILES string of the molecule is NCCCCNC(=O)c1ccon1. The summed E-state index contributed by atoms with van der Waals surface area (Å²) in [5.74, 6) is -0.203. The van der Waals surface area contributed by atoms with Gasteiger partial charge in [0.2, 0.25) is 0 Å². The van der Waals surface area contributed by atoms with E-state index in [1.807, 2.05) is 0 Å². The van der Waals surface area contributed by atoms with Gasteiger partial charge in [-0.15, -0.1) is 0 Å². The van der Waals surface area contributed by atoms with E-state index in [0.717, 1.165) is 12.8 Å². The van der Waals surface area contributed by atoms with Gasteiger partial charge in [-0.2, -0.15) is 0 Å². The van der Waals surface area contributed by atoms with Crippen LogP contribution in [0.15, 0.2) is 16.9 Å². The Morgan fingerprint density at radius 1 is 1.62 bits per heavy atom. The Kier molecular flexibility index (Phi) is 3.98. The summed E-state index contributed by atoms with van der Waals surface area (Å²) in [5, 5.41) is 6.21. The predicted octanol–water partition coefficient (Wildman–Crippen LogP) is 0.143. The number of unbranched alkanes of at least 4 members (excludes halogenated alkanes) is 1. The first-order valence-corrected chi connectivity index (χ1v) is 4.23. The Morgan fingerprint density at radius 2 is 2.46 bits per heavy atom. The number of carbonyl (C=O) groups excluding carboxylic acids is 1. The Labute approximate surface area is 76.3 Å². The van der Waals surface area contributed by atoms with Crippen molar-refractivity contribution in [1.29, 1.82) is 0 Å². The smallest absolute Gasteiger partial charge is 0.273 e. The molecule has 0 aliphatic rings. The summed E-state index contributed by atoms with van der Waals surface area (Å²) in [6.45, 7) is 1.28. The summed E-state index contributed by atoms with van der Waals surface area (Å²) in [7, 11) is 0. The average Bonchev–Trinajstić information content (AvgIpc) is 2.65. The molecule has 1 amide bonds. The molecule has 0 saturated carbocycles. The van der Waals surface area contributed by atoms with Gasteiger partial charge in [0.15, 0.2) is 5.69 Å². The van der Waals surface area contributed by atoms with Crippen LogP contribution >= 0.6 is 0 Å². The zero-order valence-electron chi connectivity index (χ0n) is 7.32. The van der Waals surface area contributed by atoms with Crippen LogP contribution in [0.4, 0.5) is 0 Å². The first-order chi connectivity index (χ1) is 6.34. The highest BCUT2D eigenvalue weighted by atomic mass is 16.5. The lowest BCUT2D eigenvalue weighted by atomic mass is 10.3. The molecule has 72 valence electrons. The van der Waals surface area contributed by atoms with Gasteiger partial charge in [0.05, 0.1) is 0 Å². The zero-order valence-corrected chi connectivity index (χ0v) is 7.32. The molecular weight excluding hydrogens is 170 g/mol. The fourth-order valence-corrected chi connectivity index (χ4v) is 0.891. The monoisotopic (exact) mass is 183 g/mol. The van der Waals surface area contributed by atoms with Gasteiger partial charge in [0.1, 0.15) is 6.26 Å². The van der Waals surface area contributed by atoms with E-state index in [1.54, 1.807) is 0 Å². The fraction of sp³-hybridized carbons (Fsp3) is 0.500. The van der Waals surface area contributed by atoms with Crippen LogP contribution in [0.5, 0.6) is 0 Å². The van der Waals surface area contributed by atoms with Gasteiger partial charge in [-0.1, -0.05) is 5.16 Å². The Morgan fingerprint density at radius 3 is 3.08 bits per heavy atom. The Balaban J connectivity index is 2.19. The van der Waals surface area contributed by atoms with Crippen molar-refractivity contribution >= 4 is 5.91 Å². The normalized spacial score (nSPS) is 9.92. The number of carbonyl (C=O) groups is 1. The fourth-order valence-electron chi connectivity index (χ4n) is 0.891. The number of aromatic nitrogens is 1. The molecular formula is C8H13N3O2. The molecule has 0 atom stereocenters. The maximum Gasteiger partial charge on any atom is 0.273 e. The van der Waals surface area contributed by atoms with Crippen LogP contribution in [0.1, 0.15) is 23.3 Å². The second kappa shape index (κ2) is 5.31. The topological polar surface area (TPSA) is 81.1 Å². The molecule has 0 radical (unpaired) electrons. The minimum absolute atomic E-state index is 0.203. The van der Waals surface area contributed by atoms with E-state index >= 15 is 0 Å². The van der Waals surface area contributed by atoms with E-state index in [-0.39, 0.29) is 5.91 Å². The van der Waals surface area contributed by atoms with Crippen LogP contribution < -0.4 is 11.1 Å². The van der Waals surface area contributed by atoms with Crippen molar-refractivity contribution in [2.24, 2.45) is 5.73 Å². The van der Waals surface area contributed by atoms with Crippen molar-refractivity contribution in [3.8, 4) is 0 Å². The van der Waals surface area contributed by atoms with Crippen LogP contribution in [0, 0.1) is 0 Å². The summed E-state index contributed by atoms with van der Waals surface area (Å²) in [6.07, 6.45) is 3.17. The molecule has 0 aliphatic heterocycles. The molecule has 1 heterocycles. The van der Waals surface area contributed by atoms with Gasteiger partial charge in [-0.25, -0.2) is 0 Å². The number of hydrogen-bond donors (Lipinski definition) is 2. The second-order valence-corrected chi connectivity index (χ2v) is 2.64. The minimum atomic E-state index is -0.203. The molecule has 1 rings (SSSR count). The second-order valence-electron chi connectivity index (χ2n) is 2.64. The number of amides is 1. The van der Waals surface area contributed by atoms with E-state index in [4.69, 9.17) is 5.73 Å². The number of nitrogens with zero attached hydrogens (tertiary/aromatic N) is 1. The Hall–Kier alpha value is -1.36. The molecule has 5 heteroatoms. The van der Waals surface area contributed by atoms with Crippen LogP contribution in [-0.2, 0) is 0 Å². The van der Waals surface area contributed by atoms with Gasteiger partial charge in [0, 0.05) is 12.6 Å². The molecule has 0 spiro atoms. The van der Waals surface area contributed by atoms with E-state index in [0.29, 0.717) is 18.8 Å². The lowest BCUT2D eigenvalue weighted by molar-refractivity contribution is 0.0944. The van der Waals surface area contributed by atoms with E-state index in [9.17, 15) is 4.79 Å². The van der Waals surface area contributed by atoms with Gasteiger partial charge in [0.25, 0.3) is 5.91 Å². The molecule has 0 aliphatic carbocycles. The molecule has 0 fully saturated rings. The lowest BCUT2D eigenvalue weighted by Crippen LogP contribution is -2.25. The van der Waals surface area contributed by atoms with E-state index in [1.165, 1.54) is 12.3 Å². The number of nitrogens with one attached hydrogen (secondary N) is 1. The van der Waals surface area contributed by atoms with Crippen molar-refractivity contribution < 1.29 is 9.32 Å². The van der Waals surface area contributed by atoms with Crippen molar-refractivity contribution in [3.63, 3.8) is 0 Å². The molecule has 0 unspecified atom stereocenters. The van der Waals surface area contributed by atoms with Crippen molar-refractivity contribution in [2.75, 3.05) is 13.1 Å². The molecule has 0 aromatic carbocycles. The average molecular weight is 183 g/mol. The molecule has 0 saturated heterocycles. The highest BCUT2D eigenvalue weighted by Crippen LogP contribution is 1.93. The first-order valence-electron chi connectivity index (χ1n) is 4.23. The van der Waals surface area contributed by atoms with Gasteiger partial charge in [-0.05, 0) is 19.4 Å².